The predicted octanol–water partition coefficient (Wildman–Crippen LogP) is 12.3. The van der Waals surface area contributed by atoms with Crippen LogP contribution in [0.1, 0.15) is 12.5 Å². The summed E-state index contributed by atoms with van der Waals surface area (Å²) in [6.45, 7) is 14.0. The summed E-state index contributed by atoms with van der Waals surface area (Å²) in [6.07, 6.45) is 11.8. The smallest absolute Gasteiger partial charge is 0.00201 e. The summed E-state index contributed by atoms with van der Waals surface area (Å²) in [5.74, 6) is 0. The third kappa shape index (κ3) is 5.09. The fourth-order valence-corrected chi connectivity index (χ4v) is 6.19. The van der Waals surface area contributed by atoms with Crippen LogP contribution in [-0.2, 0) is 0 Å². The SMILES string of the molecule is C=C/C=C(C=C)/C(=C/C)/C=C(\C=C)c1ccc2c(-c3c4ccccc4c(-c4ccccc4)c4ccccc34)cccc2c1. The molecule has 6 aromatic rings. The van der Waals surface area contributed by atoms with Gasteiger partial charge in [0.05, 0.1) is 0 Å². The molecule has 0 heteroatoms. The van der Waals surface area contributed by atoms with Crippen molar-refractivity contribution in [2.75, 3.05) is 0 Å². The summed E-state index contributed by atoms with van der Waals surface area (Å²) in [5, 5.41) is 7.45. The molecular formula is C43H34. The van der Waals surface area contributed by atoms with Crippen LogP contribution in [0.2, 0.25) is 0 Å². The maximum atomic E-state index is 4.14. The second-order valence-corrected chi connectivity index (χ2v) is 10.6. The van der Waals surface area contributed by atoms with Crippen LogP contribution in [0.5, 0.6) is 0 Å². The number of allylic oxidation sites excluding steroid dienone is 9. The second kappa shape index (κ2) is 12.2. The topological polar surface area (TPSA) is 0 Å². The number of fused-ring (bicyclic) bond motifs is 3. The highest BCUT2D eigenvalue weighted by Crippen LogP contribution is 2.45. The highest BCUT2D eigenvalue weighted by atomic mass is 14.2. The molecule has 0 saturated carbocycles. The van der Waals surface area contributed by atoms with E-state index >= 15 is 0 Å². The van der Waals surface area contributed by atoms with Crippen molar-refractivity contribution in [3.05, 3.63) is 188 Å². The normalized spacial score (nSPS) is 12.5. The van der Waals surface area contributed by atoms with E-state index in [1.165, 1.54) is 54.6 Å². The van der Waals surface area contributed by atoms with E-state index in [-0.39, 0.29) is 0 Å². The molecule has 0 aromatic heterocycles. The summed E-state index contributed by atoms with van der Waals surface area (Å²) < 4.78 is 0. The Hall–Kier alpha value is -5.46. The van der Waals surface area contributed by atoms with Gasteiger partial charge in [0.2, 0.25) is 0 Å². The average Bonchev–Trinajstić information content (AvgIpc) is 3.07. The molecule has 0 bridgehead atoms. The first kappa shape index (κ1) is 27.7. The van der Waals surface area contributed by atoms with Gasteiger partial charge in [-0.3, -0.25) is 0 Å². The third-order valence-corrected chi connectivity index (χ3v) is 8.17. The maximum absolute atomic E-state index is 4.14. The lowest BCUT2D eigenvalue weighted by molar-refractivity contribution is 1.50. The molecule has 0 spiro atoms. The summed E-state index contributed by atoms with van der Waals surface area (Å²) in [7, 11) is 0. The van der Waals surface area contributed by atoms with Gasteiger partial charge in [-0.1, -0.05) is 159 Å². The first-order valence-electron chi connectivity index (χ1n) is 14.7. The Balaban J connectivity index is 1.59. The molecule has 6 rings (SSSR count). The molecule has 0 fully saturated rings. The molecule has 0 atom stereocenters. The van der Waals surface area contributed by atoms with Crippen molar-refractivity contribution in [1.29, 1.82) is 0 Å². The Morgan fingerprint density at radius 3 is 1.77 bits per heavy atom. The van der Waals surface area contributed by atoms with Crippen molar-refractivity contribution in [3.8, 4) is 22.3 Å². The molecule has 0 aliphatic carbocycles. The van der Waals surface area contributed by atoms with Crippen molar-refractivity contribution in [3.63, 3.8) is 0 Å². The van der Waals surface area contributed by atoms with E-state index in [2.05, 4.69) is 147 Å². The Bertz CT molecular complexity index is 2060. The molecule has 0 saturated heterocycles. The zero-order valence-electron chi connectivity index (χ0n) is 24.6. The lowest BCUT2D eigenvalue weighted by Gasteiger charge is -2.19. The fourth-order valence-electron chi connectivity index (χ4n) is 6.19. The Labute approximate surface area is 254 Å². The molecule has 0 amide bonds. The van der Waals surface area contributed by atoms with Crippen LogP contribution in [0, 0.1) is 0 Å². The first-order chi connectivity index (χ1) is 21.2. The minimum absolute atomic E-state index is 1.03. The van der Waals surface area contributed by atoms with Crippen LogP contribution >= 0.6 is 0 Å². The highest BCUT2D eigenvalue weighted by molar-refractivity contribution is 6.23. The lowest BCUT2D eigenvalue weighted by atomic mass is 9.84. The van der Waals surface area contributed by atoms with E-state index in [1.807, 2.05) is 25.2 Å². The van der Waals surface area contributed by atoms with Crippen LogP contribution in [0.3, 0.4) is 0 Å². The standard InChI is InChI=1S/C43H34/c1-5-17-30(6-2)31(7-3)28-32(8-4)34-26-27-36-35(29-34)20-16-25-37(36)43-40-23-14-12-21-38(40)42(33-18-10-9-11-19-33)39-22-13-15-24-41(39)43/h5-29H,1-2,4H2,3H3/b30-17+,31-7+,32-28+. The van der Waals surface area contributed by atoms with E-state index in [0.717, 1.165) is 22.3 Å². The van der Waals surface area contributed by atoms with Crippen LogP contribution in [0.4, 0.5) is 0 Å². The van der Waals surface area contributed by atoms with E-state index < -0.39 is 0 Å². The maximum Gasteiger partial charge on any atom is -0.00201 e. The molecule has 0 N–H and O–H groups in total. The van der Waals surface area contributed by atoms with E-state index in [9.17, 15) is 0 Å². The molecule has 0 radical (unpaired) electrons. The molecule has 0 aliphatic rings. The van der Waals surface area contributed by atoms with Gasteiger partial charge < -0.3 is 0 Å². The predicted molar refractivity (Wildman–Crippen MR) is 190 cm³/mol. The summed E-state index contributed by atoms with van der Waals surface area (Å²) in [5.41, 5.74) is 9.30. The van der Waals surface area contributed by atoms with E-state index in [4.69, 9.17) is 0 Å². The van der Waals surface area contributed by atoms with Crippen molar-refractivity contribution in [2.45, 2.75) is 6.92 Å². The van der Waals surface area contributed by atoms with Crippen molar-refractivity contribution >= 4 is 37.9 Å². The molecular weight excluding hydrogens is 516 g/mol. The third-order valence-electron chi connectivity index (χ3n) is 8.17. The second-order valence-electron chi connectivity index (χ2n) is 10.6. The lowest BCUT2D eigenvalue weighted by Crippen LogP contribution is -1.92. The molecule has 0 nitrogen and oxygen atoms in total. The van der Waals surface area contributed by atoms with Crippen LogP contribution in [-0.4, -0.2) is 0 Å². The number of hydrogen-bond donors (Lipinski definition) is 0. The van der Waals surface area contributed by atoms with Gasteiger partial charge in [-0.25, -0.2) is 0 Å². The van der Waals surface area contributed by atoms with Gasteiger partial charge in [0.25, 0.3) is 0 Å². The van der Waals surface area contributed by atoms with Crippen LogP contribution < -0.4 is 0 Å². The molecule has 6 aromatic carbocycles. The molecule has 0 unspecified atom stereocenters. The van der Waals surface area contributed by atoms with E-state index in [0.29, 0.717) is 0 Å². The molecule has 206 valence electrons. The van der Waals surface area contributed by atoms with Gasteiger partial charge in [0, 0.05) is 0 Å². The fraction of sp³-hybridized carbons (Fsp3) is 0.0233. The van der Waals surface area contributed by atoms with Gasteiger partial charge in [0.1, 0.15) is 0 Å². The Morgan fingerprint density at radius 1 is 0.558 bits per heavy atom. The number of rotatable bonds is 8. The zero-order chi connectivity index (χ0) is 29.8. The summed E-state index contributed by atoms with van der Waals surface area (Å²) >= 11 is 0. The van der Waals surface area contributed by atoms with Gasteiger partial charge in [0.15, 0.2) is 0 Å². The number of benzene rings is 6. The quantitative estimate of drug-likeness (QED) is 0.131. The largest absolute Gasteiger partial charge is 0.0990 e. The zero-order valence-corrected chi connectivity index (χ0v) is 24.6. The van der Waals surface area contributed by atoms with Crippen LogP contribution in [0.15, 0.2) is 183 Å². The highest BCUT2D eigenvalue weighted by Gasteiger charge is 2.17. The van der Waals surface area contributed by atoms with Gasteiger partial charge in [-0.05, 0) is 95.9 Å². The monoisotopic (exact) mass is 550 g/mol. The van der Waals surface area contributed by atoms with Crippen LogP contribution in [0.25, 0.3) is 60.1 Å². The number of hydrogen-bond acceptors (Lipinski definition) is 0. The van der Waals surface area contributed by atoms with Gasteiger partial charge in [-0.15, -0.1) is 0 Å². The van der Waals surface area contributed by atoms with E-state index in [1.54, 1.807) is 6.08 Å². The Morgan fingerprint density at radius 2 is 1.19 bits per heavy atom. The molecule has 0 aliphatic heterocycles. The van der Waals surface area contributed by atoms with Crippen molar-refractivity contribution in [2.24, 2.45) is 0 Å². The summed E-state index contributed by atoms with van der Waals surface area (Å²) in [6, 6.07) is 41.8. The van der Waals surface area contributed by atoms with Gasteiger partial charge >= 0.3 is 0 Å². The average molecular weight is 551 g/mol. The van der Waals surface area contributed by atoms with Crippen molar-refractivity contribution in [1.82, 2.24) is 0 Å². The first-order valence-corrected chi connectivity index (χ1v) is 14.7. The minimum Gasteiger partial charge on any atom is -0.0990 e. The Kier molecular flexibility index (Phi) is 7.85. The van der Waals surface area contributed by atoms with Gasteiger partial charge in [-0.2, -0.15) is 0 Å². The minimum atomic E-state index is 1.03. The molecule has 43 heavy (non-hydrogen) atoms. The van der Waals surface area contributed by atoms with Crippen molar-refractivity contribution < 1.29 is 0 Å². The molecule has 0 heterocycles. The summed E-state index contributed by atoms with van der Waals surface area (Å²) in [4.78, 5) is 0.